The van der Waals surface area contributed by atoms with E-state index in [9.17, 15) is 13.2 Å². The van der Waals surface area contributed by atoms with Gasteiger partial charge in [-0.2, -0.15) is 9.57 Å². The van der Waals surface area contributed by atoms with Crippen LogP contribution in [0.15, 0.2) is 53.4 Å². The Morgan fingerprint density at radius 2 is 1.74 bits per heavy atom. The fourth-order valence-electron chi connectivity index (χ4n) is 4.77. The van der Waals surface area contributed by atoms with Crippen LogP contribution in [0.4, 0.5) is 0 Å². The lowest BCUT2D eigenvalue weighted by Gasteiger charge is -2.37. The highest BCUT2D eigenvalue weighted by atomic mass is 32.2. The molecular weight excluding hydrogens is 410 g/mol. The molecule has 1 atom stereocenters. The molecule has 0 saturated carbocycles. The molecule has 2 aromatic rings. The standard InChI is InChI=1S/C24H27N3O3S/c1-26(23-8-4-6-19-5-2-3-7-22(19)23)24(28)20-13-15-27(16-14-20)31(29,30)21-11-9-18(17-25)10-12-21/h2-3,5,7,9-12,20,23H,4,6,8,13-16H2,1H3/t23-/m1/s1. The minimum absolute atomic E-state index is 0.0952. The van der Waals surface area contributed by atoms with Crippen molar-refractivity contribution in [1.29, 1.82) is 5.26 Å². The molecule has 31 heavy (non-hydrogen) atoms. The summed E-state index contributed by atoms with van der Waals surface area (Å²) in [4.78, 5) is 15.3. The molecule has 7 heteroatoms. The second-order valence-corrected chi connectivity index (χ2v) is 10.3. The van der Waals surface area contributed by atoms with E-state index < -0.39 is 10.0 Å². The molecule has 0 N–H and O–H groups in total. The van der Waals surface area contributed by atoms with Gasteiger partial charge in [0.2, 0.25) is 15.9 Å². The molecule has 0 radical (unpaired) electrons. The van der Waals surface area contributed by atoms with Crippen LogP contribution in [-0.2, 0) is 21.2 Å². The number of aryl methyl sites for hydroxylation is 1. The van der Waals surface area contributed by atoms with Crippen molar-refractivity contribution in [3.05, 3.63) is 65.2 Å². The van der Waals surface area contributed by atoms with Gasteiger partial charge in [-0.1, -0.05) is 24.3 Å². The lowest BCUT2D eigenvalue weighted by Crippen LogP contribution is -2.44. The molecule has 6 nitrogen and oxygen atoms in total. The summed E-state index contributed by atoms with van der Waals surface area (Å²) < 4.78 is 27.3. The highest BCUT2D eigenvalue weighted by Gasteiger charge is 2.35. The number of carbonyl (C=O) groups excluding carboxylic acids is 1. The van der Waals surface area contributed by atoms with Crippen molar-refractivity contribution in [2.75, 3.05) is 20.1 Å². The Morgan fingerprint density at radius 3 is 2.42 bits per heavy atom. The number of hydrogen-bond donors (Lipinski definition) is 0. The summed E-state index contributed by atoms with van der Waals surface area (Å²) in [6, 6.07) is 16.4. The number of nitrogens with zero attached hydrogens (tertiary/aromatic N) is 3. The lowest BCUT2D eigenvalue weighted by molar-refractivity contribution is -0.138. The van der Waals surface area contributed by atoms with Gasteiger partial charge in [0.15, 0.2) is 0 Å². The molecule has 2 aliphatic rings. The quantitative estimate of drug-likeness (QED) is 0.733. The number of fused-ring (bicyclic) bond motifs is 1. The second-order valence-electron chi connectivity index (χ2n) is 8.37. The molecule has 1 heterocycles. The number of rotatable bonds is 4. The van der Waals surface area contributed by atoms with Gasteiger partial charge in [0.1, 0.15) is 0 Å². The second kappa shape index (κ2) is 8.81. The molecule has 1 fully saturated rings. The molecule has 1 saturated heterocycles. The fourth-order valence-corrected chi connectivity index (χ4v) is 6.24. The van der Waals surface area contributed by atoms with Gasteiger partial charge in [0.25, 0.3) is 0 Å². The van der Waals surface area contributed by atoms with E-state index in [1.54, 1.807) is 0 Å². The van der Waals surface area contributed by atoms with Gasteiger partial charge in [-0.25, -0.2) is 8.42 Å². The average molecular weight is 438 g/mol. The maximum absolute atomic E-state index is 13.2. The normalized spacial score (nSPS) is 19.9. The van der Waals surface area contributed by atoms with Crippen LogP contribution in [-0.4, -0.2) is 43.7 Å². The number of hydrogen-bond acceptors (Lipinski definition) is 4. The monoisotopic (exact) mass is 437 g/mol. The summed E-state index contributed by atoms with van der Waals surface area (Å²) in [7, 11) is -1.73. The highest BCUT2D eigenvalue weighted by Crippen LogP contribution is 2.35. The number of benzene rings is 2. The fraction of sp³-hybridized carbons (Fsp3) is 0.417. The molecule has 1 amide bonds. The van der Waals surface area contributed by atoms with Gasteiger partial charge >= 0.3 is 0 Å². The van der Waals surface area contributed by atoms with E-state index in [1.165, 1.54) is 39.7 Å². The Labute approximate surface area is 184 Å². The van der Waals surface area contributed by atoms with Gasteiger partial charge in [-0.3, -0.25) is 4.79 Å². The van der Waals surface area contributed by atoms with Gasteiger partial charge in [0.05, 0.1) is 22.6 Å². The van der Waals surface area contributed by atoms with E-state index in [-0.39, 0.29) is 22.8 Å². The van der Waals surface area contributed by atoms with E-state index in [4.69, 9.17) is 5.26 Å². The average Bonchev–Trinajstić information content (AvgIpc) is 2.83. The van der Waals surface area contributed by atoms with E-state index in [2.05, 4.69) is 12.1 Å². The zero-order valence-electron chi connectivity index (χ0n) is 17.7. The first kappa shape index (κ1) is 21.5. The third-order valence-electron chi connectivity index (χ3n) is 6.58. The van der Waals surface area contributed by atoms with Crippen molar-refractivity contribution >= 4 is 15.9 Å². The minimum Gasteiger partial charge on any atom is -0.338 e. The molecule has 0 aromatic heterocycles. The first-order valence-corrected chi connectivity index (χ1v) is 12.2. The van der Waals surface area contributed by atoms with Crippen molar-refractivity contribution in [2.45, 2.75) is 43.0 Å². The lowest BCUT2D eigenvalue weighted by atomic mass is 9.86. The summed E-state index contributed by atoms with van der Waals surface area (Å²) >= 11 is 0. The van der Waals surface area contributed by atoms with Crippen molar-refractivity contribution in [2.24, 2.45) is 5.92 Å². The van der Waals surface area contributed by atoms with Crippen molar-refractivity contribution in [3.63, 3.8) is 0 Å². The topological polar surface area (TPSA) is 81.5 Å². The van der Waals surface area contributed by atoms with E-state index in [0.717, 1.165) is 19.3 Å². The Balaban J connectivity index is 1.41. The van der Waals surface area contributed by atoms with Crippen molar-refractivity contribution in [1.82, 2.24) is 9.21 Å². The van der Waals surface area contributed by atoms with E-state index in [1.807, 2.05) is 30.1 Å². The summed E-state index contributed by atoms with van der Waals surface area (Å²) in [6.45, 7) is 0.654. The van der Waals surface area contributed by atoms with Crippen LogP contribution in [0.25, 0.3) is 0 Å². The third kappa shape index (κ3) is 4.23. The third-order valence-corrected chi connectivity index (χ3v) is 8.49. The number of carbonyl (C=O) groups is 1. The number of piperidine rings is 1. The molecule has 0 bridgehead atoms. The molecule has 0 spiro atoms. The van der Waals surface area contributed by atoms with Gasteiger partial charge in [0, 0.05) is 26.1 Å². The van der Waals surface area contributed by atoms with E-state index >= 15 is 0 Å². The predicted octanol–water partition coefficient (Wildman–Crippen LogP) is 3.49. The first-order valence-electron chi connectivity index (χ1n) is 10.8. The summed E-state index contributed by atoms with van der Waals surface area (Å²) in [5.41, 5.74) is 2.99. The predicted molar refractivity (Wildman–Crippen MR) is 118 cm³/mol. The Bertz CT molecular complexity index is 1100. The van der Waals surface area contributed by atoms with Crippen LogP contribution in [0, 0.1) is 17.2 Å². The smallest absolute Gasteiger partial charge is 0.243 e. The van der Waals surface area contributed by atoms with Crippen LogP contribution in [0.5, 0.6) is 0 Å². The molecule has 0 unspecified atom stereocenters. The van der Waals surface area contributed by atoms with Crippen molar-refractivity contribution in [3.8, 4) is 6.07 Å². The molecule has 162 valence electrons. The molecule has 1 aliphatic carbocycles. The SMILES string of the molecule is CN(C(=O)C1CCN(S(=O)(=O)c2ccc(C#N)cc2)CC1)[C@@H]1CCCc2ccccc21. The summed E-state index contributed by atoms with van der Waals surface area (Å²) in [5, 5.41) is 8.91. The summed E-state index contributed by atoms with van der Waals surface area (Å²) in [6.07, 6.45) is 4.13. The minimum atomic E-state index is -3.62. The Hall–Kier alpha value is -2.69. The van der Waals surface area contributed by atoms with Gasteiger partial charge in [-0.15, -0.1) is 0 Å². The number of sulfonamides is 1. The molecule has 4 rings (SSSR count). The maximum Gasteiger partial charge on any atom is 0.243 e. The molecule has 1 aliphatic heterocycles. The first-order chi connectivity index (χ1) is 14.9. The zero-order chi connectivity index (χ0) is 22.0. The Kier molecular flexibility index (Phi) is 6.12. The summed E-state index contributed by atoms with van der Waals surface area (Å²) in [5.74, 6) is -0.0522. The van der Waals surface area contributed by atoms with Crippen LogP contribution in [0.2, 0.25) is 0 Å². The zero-order valence-corrected chi connectivity index (χ0v) is 18.5. The molecule has 2 aromatic carbocycles. The number of nitriles is 1. The van der Waals surface area contributed by atoms with Gasteiger partial charge < -0.3 is 4.90 Å². The van der Waals surface area contributed by atoms with Gasteiger partial charge in [-0.05, 0) is 67.5 Å². The van der Waals surface area contributed by atoms with Crippen molar-refractivity contribution < 1.29 is 13.2 Å². The largest absolute Gasteiger partial charge is 0.338 e. The van der Waals surface area contributed by atoms with Crippen LogP contribution >= 0.6 is 0 Å². The van der Waals surface area contributed by atoms with Crippen LogP contribution in [0.1, 0.15) is 48.4 Å². The van der Waals surface area contributed by atoms with E-state index in [0.29, 0.717) is 31.5 Å². The van der Waals surface area contributed by atoms with Crippen LogP contribution < -0.4 is 0 Å². The highest BCUT2D eigenvalue weighted by molar-refractivity contribution is 7.89. The number of amides is 1. The molecular formula is C24H27N3O3S. The Morgan fingerprint density at radius 1 is 1.06 bits per heavy atom. The van der Waals surface area contributed by atoms with Crippen LogP contribution in [0.3, 0.4) is 0 Å². The maximum atomic E-state index is 13.2.